The second-order valence-electron chi connectivity index (χ2n) is 1.50. The Morgan fingerprint density at radius 2 is 2.50 bits per heavy atom. The predicted molar refractivity (Wildman–Crippen MR) is 43.8 cm³/mol. The average molecular weight is 241 g/mol. The van der Waals surface area contributed by atoms with Gasteiger partial charge in [-0.05, 0) is 28.7 Å². The van der Waals surface area contributed by atoms with E-state index in [2.05, 4.69) is 22.6 Å². The van der Waals surface area contributed by atoms with Crippen molar-refractivity contribution in [2.45, 2.75) is 0 Å². The maximum Gasteiger partial charge on any atom is 0.0527 e. The third kappa shape index (κ3) is 1.67. The minimum absolute atomic E-state index is 0.814. The van der Waals surface area contributed by atoms with E-state index in [0.717, 1.165) is 6.54 Å². The summed E-state index contributed by atoms with van der Waals surface area (Å²) in [6, 6.07) is 0. The summed E-state index contributed by atoms with van der Waals surface area (Å²) in [5, 5.41) is 0. The Hall–Kier alpha value is 0.300. The molecule has 1 nitrogen and oxygen atoms in total. The topological polar surface area (TPSA) is 3.24 Å². The molecule has 0 fully saturated rings. The number of nitrogens with zero attached hydrogens (tertiary/aromatic N) is 1. The molecule has 0 aromatic rings. The van der Waals surface area contributed by atoms with Gasteiger partial charge in [-0.15, -0.1) is 0 Å². The molecule has 0 amide bonds. The molecule has 0 aromatic carbocycles. The molecule has 0 bridgehead atoms. The summed E-state index contributed by atoms with van der Waals surface area (Å²) in [7, 11) is 0. The van der Waals surface area contributed by atoms with E-state index in [1.165, 1.54) is 3.58 Å². The van der Waals surface area contributed by atoms with Gasteiger partial charge in [0.1, 0.15) is 0 Å². The van der Waals surface area contributed by atoms with E-state index >= 15 is 0 Å². The highest BCUT2D eigenvalue weighted by atomic mass is 127. The van der Waals surface area contributed by atoms with Crippen molar-refractivity contribution in [2.75, 3.05) is 6.54 Å². The first-order valence-electron chi connectivity index (χ1n) is 2.25. The van der Waals surface area contributed by atoms with Gasteiger partial charge in [-0.25, -0.2) is 0 Å². The first-order chi connectivity index (χ1) is 3.79. The fraction of sp³-hybridized carbons (Fsp3) is 0.200. The van der Waals surface area contributed by atoms with Crippen molar-refractivity contribution >= 4 is 34.4 Å². The van der Waals surface area contributed by atoms with Crippen LogP contribution in [-0.4, -0.2) is 11.0 Å². The van der Waals surface area contributed by atoms with E-state index in [1.54, 1.807) is 4.42 Å². The molecule has 44 valence electrons. The van der Waals surface area contributed by atoms with E-state index in [1.807, 2.05) is 18.4 Å². The largest absolute Gasteiger partial charge is 0.288 e. The molecule has 0 saturated carbocycles. The lowest BCUT2D eigenvalue weighted by Crippen LogP contribution is -2.05. The Balaban J connectivity index is 2.63. The third-order valence-corrected chi connectivity index (χ3v) is 1.69. The molecule has 0 unspecified atom stereocenters. The van der Waals surface area contributed by atoms with Gasteiger partial charge in [-0.3, -0.25) is 4.42 Å². The molecule has 8 heavy (non-hydrogen) atoms. The quantitative estimate of drug-likeness (QED) is 0.465. The number of hydrogen-bond acceptors (Lipinski definition) is 1. The number of halogens is 2. The van der Waals surface area contributed by atoms with E-state index in [4.69, 9.17) is 11.8 Å². The maximum absolute atomic E-state index is 5.61. The number of hydrogen-bond donors (Lipinski definition) is 0. The smallest absolute Gasteiger partial charge is 0.0527 e. The zero-order valence-corrected chi connectivity index (χ0v) is 7.06. The summed E-state index contributed by atoms with van der Waals surface area (Å²) in [6.45, 7) is 0.814. The zero-order valence-electron chi connectivity index (χ0n) is 4.14. The molecule has 0 aromatic heterocycles. The highest BCUT2D eigenvalue weighted by Crippen LogP contribution is 2.14. The van der Waals surface area contributed by atoms with Crippen molar-refractivity contribution in [1.82, 2.24) is 4.42 Å². The van der Waals surface area contributed by atoms with Crippen LogP contribution >= 0.6 is 34.4 Å². The average Bonchev–Trinajstić information content (AvgIpc) is 1.64. The Labute approximate surface area is 67.3 Å². The van der Waals surface area contributed by atoms with Gasteiger partial charge < -0.3 is 0 Å². The molecule has 3 heteroatoms. The van der Waals surface area contributed by atoms with E-state index in [9.17, 15) is 0 Å². The Morgan fingerprint density at radius 1 is 1.75 bits per heavy atom. The molecular formula is C5H5ClIN. The summed E-state index contributed by atoms with van der Waals surface area (Å²) in [4.78, 5) is 0. The minimum atomic E-state index is 0.814. The highest BCUT2D eigenvalue weighted by Gasteiger charge is 1.96. The lowest BCUT2D eigenvalue weighted by molar-refractivity contribution is 0.669. The van der Waals surface area contributed by atoms with Gasteiger partial charge in [0.25, 0.3) is 0 Å². The van der Waals surface area contributed by atoms with Gasteiger partial charge in [0.2, 0.25) is 0 Å². The van der Waals surface area contributed by atoms with E-state index in [0.29, 0.717) is 0 Å². The summed E-state index contributed by atoms with van der Waals surface area (Å²) in [6.07, 6.45) is 5.95. The number of allylic oxidation sites excluding steroid dienone is 2. The fourth-order valence-corrected chi connectivity index (χ4v) is 1.44. The zero-order chi connectivity index (χ0) is 5.98. The molecule has 1 aliphatic heterocycles. The van der Waals surface area contributed by atoms with Crippen LogP contribution in [0.3, 0.4) is 0 Å². The maximum atomic E-state index is 5.61. The van der Waals surface area contributed by atoms with Gasteiger partial charge in [-0.1, -0.05) is 6.08 Å². The van der Waals surface area contributed by atoms with Crippen LogP contribution < -0.4 is 0 Å². The molecule has 1 rings (SSSR count). The molecule has 0 spiro atoms. The van der Waals surface area contributed by atoms with Crippen LogP contribution in [0.2, 0.25) is 0 Å². The normalized spacial score (nSPS) is 18.8. The molecule has 0 aliphatic carbocycles. The van der Waals surface area contributed by atoms with Crippen molar-refractivity contribution in [3.8, 4) is 0 Å². The monoisotopic (exact) mass is 241 g/mol. The summed E-state index contributed by atoms with van der Waals surface area (Å²) >= 11 is 7.83. The predicted octanol–water partition coefficient (Wildman–Crippen LogP) is 2.29. The van der Waals surface area contributed by atoms with Crippen molar-refractivity contribution in [3.63, 3.8) is 0 Å². The van der Waals surface area contributed by atoms with E-state index in [-0.39, 0.29) is 0 Å². The van der Waals surface area contributed by atoms with Crippen LogP contribution in [-0.2, 0) is 0 Å². The van der Waals surface area contributed by atoms with Crippen molar-refractivity contribution < 1.29 is 0 Å². The summed E-state index contributed by atoms with van der Waals surface area (Å²) < 4.78 is 2.80. The Kier molecular flexibility index (Phi) is 2.19. The van der Waals surface area contributed by atoms with Crippen LogP contribution in [0.4, 0.5) is 0 Å². The summed E-state index contributed by atoms with van der Waals surface area (Å²) in [5.74, 6) is 0. The fourth-order valence-electron chi connectivity index (χ4n) is 0.496. The number of rotatable bonds is 0. The lowest BCUT2D eigenvalue weighted by atomic mass is 10.4. The second-order valence-corrected chi connectivity index (χ2v) is 3.18. The van der Waals surface area contributed by atoms with E-state index < -0.39 is 0 Å². The van der Waals surface area contributed by atoms with Gasteiger partial charge in [0.05, 0.1) is 6.54 Å². The Bertz CT molecular complexity index is 141. The van der Waals surface area contributed by atoms with Crippen molar-refractivity contribution in [1.29, 1.82) is 0 Å². The molecule has 0 atom stereocenters. The van der Waals surface area contributed by atoms with Crippen LogP contribution in [0.1, 0.15) is 0 Å². The molecular weight excluding hydrogens is 236 g/mol. The second kappa shape index (κ2) is 2.73. The molecule has 1 aliphatic rings. The van der Waals surface area contributed by atoms with Crippen LogP contribution in [0, 0.1) is 0 Å². The third-order valence-electron chi connectivity index (χ3n) is 0.820. The standard InChI is InChI=1S/C5H5ClIN/c6-8-3-1-2-5(7)4-8/h1-2,4H,3H2. The van der Waals surface area contributed by atoms with Gasteiger partial charge in [-0.2, -0.15) is 0 Å². The molecule has 0 N–H and O–H groups in total. The van der Waals surface area contributed by atoms with Crippen LogP contribution in [0.15, 0.2) is 21.9 Å². The van der Waals surface area contributed by atoms with Crippen molar-refractivity contribution in [3.05, 3.63) is 21.9 Å². The van der Waals surface area contributed by atoms with Gasteiger partial charge in [0, 0.05) is 21.6 Å². The Morgan fingerprint density at radius 3 is 2.88 bits per heavy atom. The molecule has 0 saturated heterocycles. The van der Waals surface area contributed by atoms with Crippen LogP contribution in [0.5, 0.6) is 0 Å². The first-order valence-corrected chi connectivity index (χ1v) is 3.67. The van der Waals surface area contributed by atoms with Crippen molar-refractivity contribution in [2.24, 2.45) is 0 Å². The SMILES string of the molecule is ClN1C=C(I)C=CC1. The highest BCUT2D eigenvalue weighted by molar-refractivity contribution is 14.1. The van der Waals surface area contributed by atoms with Gasteiger partial charge in [0.15, 0.2) is 0 Å². The molecule has 0 radical (unpaired) electrons. The molecule has 1 heterocycles. The minimum Gasteiger partial charge on any atom is -0.288 e. The first kappa shape index (κ1) is 6.42. The van der Waals surface area contributed by atoms with Gasteiger partial charge >= 0.3 is 0 Å². The summed E-state index contributed by atoms with van der Waals surface area (Å²) in [5.41, 5.74) is 0. The van der Waals surface area contributed by atoms with Crippen LogP contribution in [0.25, 0.3) is 0 Å². The lowest BCUT2D eigenvalue weighted by Gasteiger charge is -2.10.